The van der Waals surface area contributed by atoms with Gasteiger partial charge in [0.05, 0.1) is 156 Å². The maximum Gasteiger partial charge on any atom is 0.341 e. The van der Waals surface area contributed by atoms with Gasteiger partial charge in [-0.05, 0) is 12.1 Å². The van der Waals surface area contributed by atoms with Crippen LogP contribution in [-0.4, -0.2) is 200 Å². The van der Waals surface area contributed by atoms with Gasteiger partial charge in [0, 0.05) is 51.1 Å². The Hall–Kier alpha value is -11.5. The van der Waals surface area contributed by atoms with E-state index in [9.17, 15) is 9.90 Å². The first-order valence-corrected chi connectivity index (χ1v) is 28.8. The van der Waals surface area contributed by atoms with Crippen molar-refractivity contribution in [2.75, 3.05) is 135 Å². The van der Waals surface area contributed by atoms with Gasteiger partial charge in [-0.25, -0.2) is 28.8 Å². The van der Waals surface area contributed by atoms with Crippen molar-refractivity contribution in [1.29, 1.82) is 0 Å². The second-order valence-electron chi connectivity index (χ2n) is 20.7. The van der Waals surface area contributed by atoms with Crippen LogP contribution in [0, 0.1) is 0 Å². The Morgan fingerprint density at radius 2 is 0.670 bits per heavy atom. The van der Waals surface area contributed by atoms with E-state index >= 15 is 24.0 Å². The molecule has 0 amide bonds. The van der Waals surface area contributed by atoms with Gasteiger partial charge in [-0.1, -0.05) is 0 Å². The summed E-state index contributed by atoms with van der Waals surface area (Å²) in [6.07, 6.45) is -11.7. The van der Waals surface area contributed by atoms with Crippen molar-refractivity contribution in [3.63, 3.8) is 0 Å². The van der Waals surface area contributed by atoms with Crippen molar-refractivity contribution < 1.29 is 148 Å². The van der Waals surface area contributed by atoms with E-state index in [1.165, 1.54) is 126 Å². The monoisotopic (exact) mass is 1350 g/mol. The van der Waals surface area contributed by atoms with E-state index < -0.39 is 140 Å². The Labute approximate surface area is 552 Å². The zero-order valence-corrected chi connectivity index (χ0v) is 55.6. The second-order valence-corrected chi connectivity index (χ2v) is 20.7. The number of esters is 6. The van der Waals surface area contributed by atoms with E-state index in [-0.39, 0.29) is 114 Å². The fourth-order valence-electron chi connectivity index (χ4n) is 12.5. The molecule has 0 aromatic heterocycles. The molecule has 516 valence electrons. The van der Waals surface area contributed by atoms with E-state index in [0.29, 0.717) is 0 Å². The van der Waals surface area contributed by atoms with Gasteiger partial charge in [0.25, 0.3) is 0 Å². The number of fused-ring (bicyclic) bond motifs is 7. The summed E-state index contributed by atoms with van der Waals surface area (Å²) >= 11 is 0. The fourth-order valence-corrected chi connectivity index (χ4v) is 12.5. The van der Waals surface area contributed by atoms with Crippen molar-refractivity contribution in [2.24, 2.45) is 0 Å². The van der Waals surface area contributed by atoms with Crippen molar-refractivity contribution in [1.82, 2.24) is 0 Å². The van der Waals surface area contributed by atoms with Crippen LogP contribution in [0.25, 0.3) is 33.4 Å². The van der Waals surface area contributed by atoms with Crippen molar-refractivity contribution >= 4 is 35.8 Å². The molecule has 0 fully saturated rings. The highest BCUT2D eigenvalue weighted by Gasteiger charge is 2.56. The number of methoxy groups -OCH3 is 18. The van der Waals surface area contributed by atoms with Crippen LogP contribution in [0.15, 0.2) is 24.3 Å². The molecule has 5 atom stereocenters. The highest BCUT2D eigenvalue weighted by molar-refractivity contribution is 6.17. The first-order chi connectivity index (χ1) is 46.8. The first-order valence-electron chi connectivity index (χ1n) is 28.8. The van der Waals surface area contributed by atoms with Crippen LogP contribution in [0.5, 0.6) is 109 Å². The number of hydrogen-bond donors (Lipinski definition) is 1. The number of carbonyl (C=O) groups excluding carboxylic acids is 6. The molecule has 0 radical (unpaired) electrons. The minimum absolute atomic E-state index is 0.0196. The number of cyclic esters (lactones) is 1. The summed E-state index contributed by atoms with van der Waals surface area (Å²) in [6.45, 7) is -1.18. The molecule has 0 aliphatic carbocycles. The molecule has 1 unspecified atom stereocenters. The minimum atomic E-state index is -2.47. The number of aliphatic hydroxyl groups excluding tert-OH is 1. The van der Waals surface area contributed by atoms with Gasteiger partial charge in [-0.15, -0.1) is 0 Å². The normalized spacial score (nSPS) is 17.2. The summed E-state index contributed by atoms with van der Waals surface area (Å²) in [4.78, 5) is 94.5. The quantitative estimate of drug-likeness (QED) is 0.0572. The van der Waals surface area contributed by atoms with Gasteiger partial charge in [0.1, 0.15) is 18.3 Å². The smallest absolute Gasteiger partial charge is 0.341 e. The van der Waals surface area contributed by atoms with Crippen LogP contribution in [-0.2, 0) is 28.4 Å². The minimum Gasteiger partial charge on any atom is -0.493 e. The fraction of sp³-hybridized carbons (Fsp3) is 0.364. The van der Waals surface area contributed by atoms with Gasteiger partial charge >= 0.3 is 35.8 Å². The molecule has 0 saturated carbocycles. The zero-order valence-electron chi connectivity index (χ0n) is 55.6. The molecule has 6 aromatic rings. The van der Waals surface area contributed by atoms with Gasteiger partial charge in [0.2, 0.25) is 40.2 Å². The summed E-state index contributed by atoms with van der Waals surface area (Å²) in [6, 6.07) is 4.59. The molecule has 6 aromatic carbocycles. The molecule has 31 heteroatoms. The Morgan fingerprint density at radius 3 is 1.13 bits per heavy atom. The van der Waals surface area contributed by atoms with Crippen molar-refractivity contribution in [3.8, 4) is 143 Å². The molecule has 6 bridgehead atoms. The molecule has 31 nitrogen and oxygen atoms in total. The zero-order chi connectivity index (χ0) is 70.3. The van der Waals surface area contributed by atoms with Crippen molar-refractivity contribution in [2.45, 2.75) is 30.5 Å². The Kier molecular flexibility index (Phi) is 19.3. The molecule has 11 rings (SSSR count). The molecule has 0 spiro atoms. The lowest BCUT2D eigenvalue weighted by atomic mass is 9.80. The average Bonchev–Trinajstić information content (AvgIpc) is 1.39. The number of carbonyl (C=O) groups is 6. The van der Waals surface area contributed by atoms with E-state index in [2.05, 4.69) is 0 Å². The lowest BCUT2D eigenvalue weighted by molar-refractivity contribution is -0.154. The van der Waals surface area contributed by atoms with E-state index in [1.807, 2.05) is 0 Å². The largest absolute Gasteiger partial charge is 0.493 e. The highest BCUT2D eigenvalue weighted by atomic mass is 16.7. The van der Waals surface area contributed by atoms with Crippen molar-refractivity contribution in [3.05, 3.63) is 63.2 Å². The SMILES string of the molecule is COC(=O)c1cc(OC)c(OC)c(OC)c1Oc1cc2c(c(OC)c1OC)-c1c(cc(OC)c(OC)c1OC)C(=O)OC[C@H]1OC(=O)c3cc(OC)c(OC)c(OC)c3-c3c(OC)c(OC)c(OC)c4c3C(=O)OC([C@@H]1OC2=O)[C@@H]1OC(=O)c2c-4c(OC)c(OC)c(OC)c2[C@@H]1O. The van der Waals surface area contributed by atoms with Gasteiger partial charge in [-0.3, -0.25) is 0 Å². The van der Waals surface area contributed by atoms with Crippen LogP contribution in [0.3, 0.4) is 0 Å². The summed E-state index contributed by atoms with van der Waals surface area (Å²) in [5.74, 6) is -13.3. The van der Waals surface area contributed by atoms with Crippen LogP contribution in [0.1, 0.15) is 73.8 Å². The maximum absolute atomic E-state index is 16.7. The predicted octanol–water partition coefficient (Wildman–Crippen LogP) is 7.46. The topological polar surface area (TPSA) is 344 Å². The van der Waals surface area contributed by atoms with Crippen LogP contribution in [0.4, 0.5) is 0 Å². The van der Waals surface area contributed by atoms with E-state index in [4.69, 9.17) is 114 Å². The average molecular weight is 1360 g/mol. The number of rotatable bonds is 20. The maximum atomic E-state index is 16.7. The van der Waals surface area contributed by atoms with Crippen LogP contribution in [0.2, 0.25) is 0 Å². The third kappa shape index (κ3) is 10.5. The third-order valence-electron chi connectivity index (χ3n) is 16.5. The molecule has 5 heterocycles. The standard InChI is InChI=1S/C66H66O31/c1-74-28-19-24-33(49(81-8)44(28)77-4)34-26(21-31(47(80-7)50(34)82-9)93-43-27(61(68)91-18)22-30(76-3)46(79-6)57(43)88-15)64(71)95-48-32(23-92-62(24)69)94-63(70)25-20-29(75-2)45(78-5)51(83-10)35(25)36-39-37(53(85-12)58(89-16)52(36)84-11)38-40-41(55(87-14)59(90-17)54(38)86-13)42(67)56(96-66(40)73)60(48)97-65(39)72/h19-22,32,42,48,56,60,67H,23H2,1-18H3/t32-,42+,48-,56-,60?/m1/s1. The molecular weight excluding hydrogens is 1290 g/mol. The molecule has 97 heavy (non-hydrogen) atoms. The Morgan fingerprint density at radius 1 is 0.330 bits per heavy atom. The van der Waals surface area contributed by atoms with Crippen LogP contribution < -0.4 is 85.3 Å². The molecule has 5 aliphatic rings. The molecule has 1 N–H and O–H groups in total. The predicted molar refractivity (Wildman–Crippen MR) is 330 cm³/mol. The molecule has 0 saturated heterocycles. The summed E-state index contributed by atoms with van der Waals surface area (Å²) < 4.78 is 145. The van der Waals surface area contributed by atoms with E-state index in [1.54, 1.807) is 0 Å². The van der Waals surface area contributed by atoms with E-state index in [0.717, 1.165) is 26.4 Å². The number of ether oxygens (including phenoxy) is 24. The van der Waals surface area contributed by atoms with Gasteiger partial charge in [0.15, 0.2) is 93.4 Å². The Balaban J connectivity index is 1.40. The summed E-state index contributed by atoms with van der Waals surface area (Å²) in [7, 11) is 21.9. The molecular formula is C66H66O31. The Bertz CT molecular complexity index is 4230. The first kappa shape index (κ1) is 68.4. The second kappa shape index (κ2) is 27.5. The summed E-state index contributed by atoms with van der Waals surface area (Å²) in [5.41, 5.74) is -5.91. The third-order valence-corrected chi connectivity index (χ3v) is 16.5. The van der Waals surface area contributed by atoms with Gasteiger partial charge in [-0.2, -0.15) is 0 Å². The van der Waals surface area contributed by atoms with Gasteiger partial charge < -0.3 is 119 Å². The number of benzene rings is 6. The number of aliphatic hydroxyl groups is 1. The van der Waals surface area contributed by atoms with Crippen LogP contribution >= 0.6 is 0 Å². The summed E-state index contributed by atoms with van der Waals surface area (Å²) in [5, 5.41) is 13.3. The molecule has 5 aliphatic heterocycles. The number of hydrogen-bond acceptors (Lipinski definition) is 31. The lowest BCUT2D eigenvalue weighted by Crippen LogP contribution is -2.56. The lowest BCUT2D eigenvalue weighted by Gasteiger charge is -2.41. The highest BCUT2D eigenvalue weighted by Crippen LogP contribution is 2.64.